The Bertz CT molecular complexity index is 1310. The van der Waals surface area contributed by atoms with Crippen LogP contribution in [0.25, 0.3) is 22.0 Å². The molecule has 8 heteroatoms. The summed E-state index contributed by atoms with van der Waals surface area (Å²) in [5.41, 5.74) is 1.29. The monoisotopic (exact) mass is 462 g/mol. The molecule has 0 N–H and O–H groups in total. The van der Waals surface area contributed by atoms with Crippen LogP contribution < -0.4 is 4.90 Å². The fourth-order valence-electron chi connectivity index (χ4n) is 4.21. The van der Waals surface area contributed by atoms with Gasteiger partial charge in [-0.2, -0.15) is 13.2 Å². The molecule has 1 aliphatic heterocycles. The molecule has 1 saturated heterocycles. The van der Waals surface area contributed by atoms with E-state index in [2.05, 4.69) is 33.3 Å². The van der Waals surface area contributed by atoms with Gasteiger partial charge in [-0.25, -0.2) is 0 Å². The Kier molecular flexibility index (Phi) is 5.65. The van der Waals surface area contributed by atoms with E-state index >= 15 is 0 Å². The van der Waals surface area contributed by atoms with Gasteiger partial charge in [-0.15, -0.1) is 10.2 Å². The van der Waals surface area contributed by atoms with Crippen molar-refractivity contribution < 1.29 is 18.0 Å². The SMILES string of the molecule is O=C(c1ccc(C(F)(F)F)cc1)N1CCN(c2ccc(-c3cccc4ccccc34)nn2)CC1. The number of rotatable bonds is 3. The smallest absolute Gasteiger partial charge is 0.352 e. The van der Waals surface area contributed by atoms with Crippen LogP contribution in [0.2, 0.25) is 0 Å². The van der Waals surface area contributed by atoms with Gasteiger partial charge in [-0.1, -0.05) is 42.5 Å². The molecule has 1 aliphatic rings. The van der Waals surface area contributed by atoms with Crippen molar-refractivity contribution >= 4 is 22.5 Å². The molecule has 2 heterocycles. The molecule has 34 heavy (non-hydrogen) atoms. The number of nitrogens with zero attached hydrogens (tertiary/aromatic N) is 4. The van der Waals surface area contributed by atoms with Gasteiger partial charge in [0.1, 0.15) is 0 Å². The number of carbonyl (C=O) groups excluding carboxylic acids is 1. The molecule has 0 radical (unpaired) electrons. The number of fused-ring (bicyclic) bond motifs is 1. The molecule has 0 spiro atoms. The molecule has 0 saturated carbocycles. The highest BCUT2D eigenvalue weighted by atomic mass is 19.4. The van der Waals surface area contributed by atoms with Crippen LogP contribution in [0, 0.1) is 0 Å². The Morgan fingerprint density at radius 3 is 2.15 bits per heavy atom. The first-order valence-corrected chi connectivity index (χ1v) is 10.9. The lowest BCUT2D eigenvalue weighted by Crippen LogP contribution is -2.49. The van der Waals surface area contributed by atoms with Crippen molar-refractivity contribution in [2.45, 2.75) is 6.18 Å². The lowest BCUT2D eigenvalue weighted by Gasteiger charge is -2.35. The van der Waals surface area contributed by atoms with Crippen molar-refractivity contribution in [1.82, 2.24) is 15.1 Å². The highest BCUT2D eigenvalue weighted by molar-refractivity contribution is 5.96. The van der Waals surface area contributed by atoms with E-state index in [4.69, 9.17) is 0 Å². The van der Waals surface area contributed by atoms with Crippen LogP contribution in [0.5, 0.6) is 0 Å². The third-order valence-electron chi connectivity index (χ3n) is 6.07. The van der Waals surface area contributed by atoms with Crippen molar-refractivity contribution in [1.29, 1.82) is 0 Å². The highest BCUT2D eigenvalue weighted by Crippen LogP contribution is 2.30. The Labute approximate surface area is 194 Å². The van der Waals surface area contributed by atoms with E-state index < -0.39 is 11.7 Å². The van der Waals surface area contributed by atoms with Gasteiger partial charge >= 0.3 is 6.18 Å². The maximum absolute atomic E-state index is 12.8. The van der Waals surface area contributed by atoms with Gasteiger partial charge in [0.05, 0.1) is 11.3 Å². The minimum absolute atomic E-state index is 0.251. The summed E-state index contributed by atoms with van der Waals surface area (Å²) in [5, 5.41) is 11.1. The highest BCUT2D eigenvalue weighted by Gasteiger charge is 2.31. The van der Waals surface area contributed by atoms with Crippen molar-refractivity contribution in [3.8, 4) is 11.3 Å². The number of hydrogen-bond acceptors (Lipinski definition) is 4. The molecule has 0 atom stereocenters. The second kappa shape index (κ2) is 8.78. The Balaban J connectivity index is 1.25. The van der Waals surface area contributed by atoms with Gasteiger partial charge in [0.2, 0.25) is 0 Å². The Morgan fingerprint density at radius 1 is 0.765 bits per heavy atom. The van der Waals surface area contributed by atoms with E-state index in [9.17, 15) is 18.0 Å². The molecular formula is C26H21F3N4O. The van der Waals surface area contributed by atoms with E-state index in [1.165, 1.54) is 12.1 Å². The lowest BCUT2D eigenvalue weighted by molar-refractivity contribution is -0.137. The van der Waals surface area contributed by atoms with Crippen LogP contribution in [-0.4, -0.2) is 47.2 Å². The van der Waals surface area contributed by atoms with Crippen molar-refractivity contribution in [3.63, 3.8) is 0 Å². The zero-order valence-corrected chi connectivity index (χ0v) is 18.2. The van der Waals surface area contributed by atoms with Crippen molar-refractivity contribution in [2.24, 2.45) is 0 Å². The number of alkyl halides is 3. The summed E-state index contributed by atoms with van der Waals surface area (Å²) in [6, 6.07) is 22.4. The molecule has 4 aromatic rings. The molecule has 5 rings (SSSR count). The first-order chi connectivity index (χ1) is 16.4. The molecule has 0 aliphatic carbocycles. The van der Waals surface area contributed by atoms with Crippen molar-refractivity contribution in [2.75, 3.05) is 31.1 Å². The average molecular weight is 462 g/mol. The minimum atomic E-state index is -4.42. The van der Waals surface area contributed by atoms with Crippen molar-refractivity contribution in [3.05, 3.63) is 90.0 Å². The summed E-state index contributed by atoms with van der Waals surface area (Å²) < 4.78 is 38.3. The van der Waals surface area contributed by atoms with Crippen LogP contribution in [0.15, 0.2) is 78.9 Å². The first kappa shape index (κ1) is 21.9. The number of halogens is 3. The molecule has 1 aromatic heterocycles. The van der Waals surface area contributed by atoms with Gasteiger partial charge < -0.3 is 9.80 Å². The fraction of sp³-hybridized carbons (Fsp3) is 0.192. The summed E-state index contributed by atoms with van der Waals surface area (Å²) in [4.78, 5) is 16.4. The molecule has 1 amide bonds. The van der Waals surface area contributed by atoms with E-state index in [-0.39, 0.29) is 11.5 Å². The van der Waals surface area contributed by atoms with Crippen LogP contribution in [-0.2, 0) is 6.18 Å². The standard InChI is InChI=1S/C26H21F3N4O/c27-26(28,29)20-10-8-19(9-11-20)25(34)33-16-14-32(15-17-33)24-13-12-23(30-31-24)22-7-3-5-18-4-1-2-6-21(18)22/h1-13H,14-17H2. The fourth-order valence-corrected chi connectivity index (χ4v) is 4.21. The van der Waals surface area contributed by atoms with Crippen LogP contribution in [0.1, 0.15) is 15.9 Å². The van der Waals surface area contributed by atoms with E-state index in [0.717, 1.165) is 40.0 Å². The van der Waals surface area contributed by atoms with Gasteiger partial charge in [0.25, 0.3) is 5.91 Å². The van der Waals surface area contributed by atoms with Crippen LogP contribution in [0.4, 0.5) is 19.0 Å². The first-order valence-electron chi connectivity index (χ1n) is 10.9. The van der Waals surface area contributed by atoms with Gasteiger partial charge in [0.15, 0.2) is 5.82 Å². The predicted octanol–water partition coefficient (Wildman–Crippen LogP) is 5.28. The van der Waals surface area contributed by atoms with Gasteiger partial charge in [-0.05, 0) is 47.2 Å². The Hall–Kier alpha value is -3.94. The maximum atomic E-state index is 12.8. The largest absolute Gasteiger partial charge is 0.416 e. The summed E-state index contributed by atoms with van der Waals surface area (Å²) in [5.74, 6) is 0.455. The number of benzene rings is 3. The number of carbonyl (C=O) groups is 1. The van der Waals surface area contributed by atoms with E-state index in [0.29, 0.717) is 26.2 Å². The molecule has 5 nitrogen and oxygen atoms in total. The Morgan fingerprint density at radius 2 is 1.47 bits per heavy atom. The normalized spacial score (nSPS) is 14.4. The predicted molar refractivity (Wildman–Crippen MR) is 125 cm³/mol. The molecule has 0 unspecified atom stereocenters. The second-order valence-electron chi connectivity index (χ2n) is 8.16. The van der Waals surface area contributed by atoms with Crippen LogP contribution >= 0.6 is 0 Å². The third-order valence-corrected chi connectivity index (χ3v) is 6.07. The van der Waals surface area contributed by atoms with Gasteiger partial charge in [-0.3, -0.25) is 4.79 Å². The summed E-state index contributed by atoms with van der Waals surface area (Å²) in [6.07, 6.45) is -4.42. The summed E-state index contributed by atoms with van der Waals surface area (Å²) in [6.45, 7) is 2.03. The second-order valence-corrected chi connectivity index (χ2v) is 8.16. The minimum Gasteiger partial charge on any atom is -0.352 e. The lowest BCUT2D eigenvalue weighted by atomic mass is 10.0. The maximum Gasteiger partial charge on any atom is 0.416 e. The molecule has 172 valence electrons. The average Bonchev–Trinajstić information content (AvgIpc) is 2.88. The molecular weight excluding hydrogens is 441 g/mol. The molecule has 3 aromatic carbocycles. The number of hydrogen-bond donors (Lipinski definition) is 0. The summed E-state index contributed by atoms with van der Waals surface area (Å²) in [7, 11) is 0. The molecule has 0 bridgehead atoms. The van der Waals surface area contributed by atoms with E-state index in [1.54, 1.807) is 4.90 Å². The zero-order valence-electron chi connectivity index (χ0n) is 18.2. The van der Waals surface area contributed by atoms with E-state index in [1.807, 2.05) is 36.4 Å². The number of piperazine rings is 1. The quantitative estimate of drug-likeness (QED) is 0.416. The van der Waals surface area contributed by atoms with Gasteiger partial charge in [0, 0.05) is 37.3 Å². The topological polar surface area (TPSA) is 49.3 Å². The molecule has 1 fully saturated rings. The van der Waals surface area contributed by atoms with Crippen LogP contribution in [0.3, 0.4) is 0 Å². The number of anilines is 1. The zero-order chi connectivity index (χ0) is 23.7. The number of amides is 1. The summed E-state index contributed by atoms with van der Waals surface area (Å²) >= 11 is 0. The number of aromatic nitrogens is 2. The third kappa shape index (κ3) is 4.31.